The van der Waals surface area contributed by atoms with Gasteiger partial charge < -0.3 is 9.84 Å². The van der Waals surface area contributed by atoms with E-state index in [1.807, 2.05) is 12.1 Å². The molecule has 2 aliphatic rings. The van der Waals surface area contributed by atoms with E-state index in [-0.39, 0.29) is 11.7 Å². The number of benzene rings is 1. The molecule has 0 radical (unpaired) electrons. The highest BCUT2D eigenvalue weighted by Gasteiger charge is 2.36. The number of aromatic hydroxyl groups is 1. The second kappa shape index (κ2) is 5.05. The molecule has 0 aromatic heterocycles. The van der Waals surface area contributed by atoms with Crippen molar-refractivity contribution in [3.05, 3.63) is 29.3 Å². The van der Waals surface area contributed by atoms with Gasteiger partial charge in [0.2, 0.25) is 0 Å². The van der Waals surface area contributed by atoms with Gasteiger partial charge in [-0.25, -0.2) is 0 Å². The van der Waals surface area contributed by atoms with Gasteiger partial charge in [-0.1, -0.05) is 12.1 Å². The summed E-state index contributed by atoms with van der Waals surface area (Å²) in [6.07, 6.45) is 3.60. The molecule has 1 aliphatic heterocycles. The van der Waals surface area contributed by atoms with E-state index in [1.165, 1.54) is 12.0 Å². The van der Waals surface area contributed by atoms with E-state index in [9.17, 15) is 5.11 Å². The Morgan fingerprint density at radius 1 is 1.35 bits per heavy atom. The number of hydrogen-bond donors (Lipinski definition) is 1. The summed E-state index contributed by atoms with van der Waals surface area (Å²) in [7, 11) is 0. The quantitative estimate of drug-likeness (QED) is 0.854. The molecule has 20 heavy (non-hydrogen) atoms. The lowest BCUT2D eigenvalue weighted by Gasteiger charge is -2.46. The zero-order valence-electron chi connectivity index (χ0n) is 12.7. The summed E-state index contributed by atoms with van der Waals surface area (Å²) in [5.74, 6) is 0.466. The van der Waals surface area contributed by atoms with Crippen LogP contribution in [0.3, 0.4) is 0 Å². The molecular weight excluding hydrogens is 250 g/mol. The Labute approximate surface area is 121 Å². The van der Waals surface area contributed by atoms with E-state index in [2.05, 4.69) is 31.7 Å². The molecule has 0 amide bonds. The first-order chi connectivity index (χ1) is 9.46. The fourth-order valence-corrected chi connectivity index (χ4v) is 3.92. The Balaban J connectivity index is 1.91. The van der Waals surface area contributed by atoms with Crippen molar-refractivity contribution in [2.24, 2.45) is 0 Å². The first-order valence-electron chi connectivity index (χ1n) is 7.69. The lowest BCUT2D eigenvalue weighted by atomic mass is 9.85. The fourth-order valence-electron chi connectivity index (χ4n) is 3.92. The summed E-state index contributed by atoms with van der Waals surface area (Å²) in [6, 6.07) is 6.40. The zero-order chi connectivity index (χ0) is 14.3. The van der Waals surface area contributed by atoms with Gasteiger partial charge in [0.15, 0.2) is 0 Å². The van der Waals surface area contributed by atoms with Crippen LogP contribution in [0.4, 0.5) is 0 Å². The van der Waals surface area contributed by atoms with Crippen LogP contribution in [0, 0.1) is 0 Å². The first-order valence-corrected chi connectivity index (χ1v) is 7.69. The lowest BCUT2D eigenvalue weighted by molar-refractivity contribution is -0.139. The highest BCUT2D eigenvalue weighted by molar-refractivity contribution is 5.42. The monoisotopic (exact) mass is 275 g/mol. The van der Waals surface area contributed by atoms with E-state index in [0.29, 0.717) is 11.8 Å². The van der Waals surface area contributed by atoms with E-state index in [4.69, 9.17) is 4.74 Å². The summed E-state index contributed by atoms with van der Waals surface area (Å²) >= 11 is 0. The van der Waals surface area contributed by atoms with Crippen molar-refractivity contribution in [2.75, 3.05) is 13.1 Å². The molecular formula is C17H25NO2. The molecule has 1 aromatic rings. The number of morpholine rings is 1. The first kappa shape index (κ1) is 13.9. The minimum Gasteiger partial charge on any atom is -0.508 e. The molecule has 1 heterocycles. The molecule has 3 rings (SSSR count). The predicted octanol–water partition coefficient (Wildman–Crippen LogP) is 3.27. The van der Waals surface area contributed by atoms with Gasteiger partial charge in [-0.2, -0.15) is 0 Å². The van der Waals surface area contributed by atoms with Gasteiger partial charge in [-0.05, 0) is 57.2 Å². The topological polar surface area (TPSA) is 32.7 Å². The van der Waals surface area contributed by atoms with Crippen LogP contribution in [0.5, 0.6) is 5.75 Å². The summed E-state index contributed by atoms with van der Waals surface area (Å²) in [5, 5.41) is 10.1. The highest BCUT2D eigenvalue weighted by atomic mass is 16.5. The molecule has 1 fully saturated rings. The molecule has 1 aromatic carbocycles. The van der Waals surface area contributed by atoms with Gasteiger partial charge in [-0.15, -0.1) is 0 Å². The number of phenols is 1. The third-order valence-electron chi connectivity index (χ3n) is 4.49. The van der Waals surface area contributed by atoms with Crippen molar-refractivity contribution >= 4 is 0 Å². The van der Waals surface area contributed by atoms with Crippen LogP contribution in [-0.2, 0) is 11.2 Å². The van der Waals surface area contributed by atoms with Crippen LogP contribution in [-0.4, -0.2) is 34.8 Å². The molecule has 1 aliphatic carbocycles. The second-order valence-corrected chi connectivity index (χ2v) is 6.87. The lowest BCUT2D eigenvalue weighted by Crippen LogP contribution is -2.53. The van der Waals surface area contributed by atoms with Gasteiger partial charge in [0, 0.05) is 19.1 Å². The zero-order valence-corrected chi connectivity index (χ0v) is 12.7. The largest absolute Gasteiger partial charge is 0.508 e. The van der Waals surface area contributed by atoms with Gasteiger partial charge in [0.25, 0.3) is 0 Å². The predicted molar refractivity (Wildman–Crippen MR) is 80.0 cm³/mol. The summed E-state index contributed by atoms with van der Waals surface area (Å²) in [5.41, 5.74) is 2.38. The minimum absolute atomic E-state index is 0.0912. The SMILES string of the molecule is CC1CN(C2CCCc3c(O)cccc32)CC(C)(C)O1. The number of rotatable bonds is 1. The van der Waals surface area contributed by atoms with Gasteiger partial charge >= 0.3 is 0 Å². The summed E-state index contributed by atoms with van der Waals surface area (Å²) in [4.78, 5) is 2.55. The van der Waals surface area contributed by atoms with Gasteiger partial charge in [0.1, 0.15) is 5.75 Å². The molecule has 2 atom stereocenters. The molecule has 3 heteroatoms. The summed E-state index contributed by atoms with van der Waals surface area (Å²) in [6.45, 7) is 8.42. The van der Waals surface area contributed by atoms with Crippen LogP contribution in [0.2, 0.25) is 0 Å². The number of phenolic OH excluding ortho intramolecular Hbond substituents is 1. The summed E-state index contributed by atoms with van der Waals surface area (Å²) < 4.78 is 6.02. The second-order valence-electron chi connectivity index (χ2n) is 6.87. The van der Waals surface area contributed by atoms with E-state index in [0.717, 1.165) is 31.5 Å². The molecule has 1 saturated heterocycles. The Morgan fingerprint density at radius 3 is 2.90 bits per heavy atom. The smallest absolute Gasteiger partial charge is 0.119 e. The van der Waals surface area contributed by atoms with Crippen LogP contribution >= 0.6 is 0 Å². The third-order valence-corrected chi connectivity index (χ3v) is 4.49. The molecule has 110 valence electrons. The van der Waals surface area contributed by atoms with Crippen molar-refractivity contribution in [1.29, 1.82) is 0 Å². The maximum Gasteiger partial charge on any atom is 0.119 e. The van der Waals surface area contributed by atoms with Crippen molar-refractivity contribution in [1.82, 2.24) is 4.90 Å². The van der Waals surface area contributed by atoms with Crippen molar-refractivity contribution in [3.63, 3.8) is 0 Å². The number of fused-ring (bicyclic) bond motifs is 1. The Bertz CT molecular complexity index is 498. The van der Waals surface area contributed by atoms with Crippen LogP contribution in [0.1, 0.15) is 50.8 Å². The molecule has 2 unspecified atom stereocenters. The van der Waals surface area contributed by atoms with Gasteiger partial charge in [-0.3, -0.25) is 4.90 Å². The highest BCUT2D eigenvalue weighted by Crippen LogP contribution is 2.40. The Kier molecular flexibility index (Phi) is 3.51. The Morgan fingerprint density at radius 2 is 2.15 bits per heavy atom. The standard InChI is InChI=1S/C17H25NO2/c1-12-10-18(11-17(2,3)20-12)15-8-4-7-14-13(15)6-5-9-16(14)19/h5-6,9,12,15,19H,4,7-8,10-11H2,1-3H3. The molecule has 3 nitrogen and oxygen atoms in total. The molecule has 0 saturated carbocycles. The van der Waals surface area contributed by atoms with Crippen molar-refractivity contribution in [3.8, 4) is 5.75 Å². The molecule has 0 spiro atoms. The van der Waals surface area contributed by atoms with Crippen LogP contribution < -0.4 is 0 Å². The number of hydrogen-bond acceptors (Lipinski definition) is 3. The molecule has 0 bridgehead atoms. The third kappa shape index (κ3) is 2.57. The maximum absolute atomic E-state index is 10.1. The van der Waals surface area contributed by atoms with E-state index in [1.54, 1.807) is 0 Å². The number of nitrogens with zero attached hydrogens (tertiary/aromatic N) is 1. The van der Waals surface area contributed by atoms with Crippen molar-refractivity contribution in [2.45, 2.75) is 57.8 Å². The van der Waals surface area contributed by atoms with Crippen LogP contribution in [0.15, 0.2) is 18.2 Å². The fraction of sp³-hybridized carbons (Fsp3) is 0.647. The van der Waals surface area contributed by atoms with Gasteiger partial charge in [0.05, 0.1) is 11.7 Å². The number of ether oxygens (including phenoxy) is 1. The minimum atomic E-state index is -0.0912. The van der Waals surface area contributed by atoms with E-state index >= 15 is 0 Å². The maximum atomic E-state index is 10.1. The Hall–Kier alpha value is -1.06. The van der Waals surface area contributed by atoms with Crippen LogP contribution in [0.25, 0.3) is 0 Å². The normalized spacial score (nSPS) is 29.9. The average molecular weight is 275 g/mol. The molecule has 1 N–H and O–H groups in total. The average Bonchev–Trinajstić information content (AvgIpc) is 2.36. The van der Waals surface area contributed by atoms with E-state index < -0.39 is 0 Å². The van der Waals surface area contributed by atoms with Crippen molar-refractivity contribution < 1.29 is 9.84 Å².